The van der Waals surface area contributed by atoms with Gasteiger partial charge in [0, 0.05) is 5.69 Å². The molecule has 3 heteroatoms. The summed E-state index contributed by atoms with van der Waals surface area (Å²) in [4.78, 5) is 12.3. The van der Waals surface area contributed by atoms with E-state index in [1.165, 1.54) is 11.1 Å². The number of hydrogen-bond acceptors (Lipinski definition) is 1. The molecule has 1 unspecified atom stereocenters. The molecule has 0 aromatic heterocycles. The second kappa shape index (κ2) is 5.29. The molecule has 0 saturated heterocycles. The molecule has 0 spiro atoms. The van der Waals surface area contributed by atoms with Crippen LogP contribution in [0.4, 0.5) is 5.69 Å². The van der Waals surface area contributed by atoms with Gasteiger partial charge in [-0.3, -0.25) is 4.79 Å². The summed E-state index contributed by atoms with van der Waals surface area (Å²) < 4.78 is 0. The number of carbonyl (C=O) groups is 1. The maximum absolute atomic E-state index is 12.3. The van der Waals surface area contributed by atoms with Crippen LogP contribution in [0.5, 0.6) is 0 Å². The minimum absolute atomic E-state index is 0.149. The molecule has 1 aliphatic carbocycles. The summed E-state index contributed by atoms with van der Waals surface area (Å²) in [7, 11) is 0. The number of hydrogen-bond donors (Lipinski definition) is 1. The topological polar surface area (TPSA) is 29.1 Å². The van der Waals surface area contributed by atoms with Gasteiger partial charge in [0.05, 0.1) is 10.6 Å². The third-order valence-corrected chi connectivity index (χ3v) is 4.09. The van der Waals surface area contributed by atoms with Crippen LogP contribution in [0.15, 0.2) is 42.5 Å². The SMILES string of the molecule is CC1Cc2cccc(NC(=O)c3ccccc3Cl)c2C1. The molecule has 0 heterocycles. The Bertz CT molecular complexity index is 666. The molecule has 2 aromatic rings. The molecule has 2 aromatic carbocycles. The normalized spacial score (nSPS) is 16.8. The monoisotopic (exact) mass is 285 g/mol. The van der Waals surface area contributed by atoms with Crippen molar-refractivity contribution in [2.75, 3.05) is 5.32 Å². The van der Waals surface area contributed by atoms with Gasteiger partial charge >= 0.3 is 0 Å². The maximum Gasteiger partial charge on any atom is 0.257 e. The van der Waals surface area contributed by atoms with Crippen molar-refractivity contribution in [1.82, 2.24) is 0 Å². The average molecular weight is 286 g/mol. The Morgan fingerprint density at radius 3 is 2.75 bits per heavy atom. The Hall–Kier alpha value is -1.80. The summed E-state index contributed by atoms with van der Waals surface area (Å²) in [5, 5.41) is 3.47. The highest BCUT2D eigenvalue weighted by molar-refractivity contribution is 6.34. The number of benzene rings is 2. The van der Waals surface area contributed by atoms with Crippen LogP contribution in [0.2, 0.25) is 5.02 Å². The highest BCUT2D eigenvalue weighted by Gasteiger charge is 2.21. The van der Waals surface area contributed by atoms with Crippen LogP contribution in [0.3, 0.4) is 0 Å². The second-order valence-electron chi connectivity index (χ2n) is 5.39. The zero-order valence-electron chi connectivity index (χ0n) is 11.3. The summed E-state index contributed by atoms with van der Waals surface area (Å²) in [6, 6.07) is 13.2. The minimum Gasteiger partial charge on any atom is -0.322 e. The summed E-state index contributed by atoms with van der Waals surface area (Å²) in [5.41, 5.74) is 4.03. The molecular formula is C17H16ClNO. The fraction of sp³-hybridized carbons (Fsp3) is 0.235. The van der Waals surface area contributed by atoms with E-state index in [1.54, 1.807) is 12.1 Å². The van der Waals surface area contributed by atoms with Gasteiger partial charge in [-0.25, -0.2) is 0 Å². The van der Waals surface area contributed by atoms with E-state index < -0.39 is 0 Å². The lowest BCUT2D eigenvalue weighted by molar-refractivity contribution is 0.102. The Morgan fingerprint density at radius 1 is 1.15 bits per heavy atom. The second-order valence-corrected chi connectivity index (χ2v) is 5.80. The van der Waals surface area contributed by atoms with Crippen molar-refractivity contribution in [1.29, 1.82) is 0 Å². The lowest BCUT2D eigenvalue weighted by Crippen LogP contribution is -2.13. The molecule has 0 saturated carbocycles. The molecule has 1 aliphatic rings. The minimum atomic E-state index is -0.149. The van der Waals surface area contributed by atoms with Gasteiger partial charge in [-0.2, -0.15) is 0 Å². The molecule has 2 nitrogen and oxygen atoms in total. The first-order valence-electron chi connectivity index (χ1n) is 6.82. The number of amides is 1. The molecule has 1 amide bonds. The first kappa shape index (κ1) is 13.2. The van der Waals surface area contributed by atoms with E-state index in [4.69, 9.17) is 11.6 Å². The average Bonchev–Trinajstić information content (AvgIpc) is 2.80. The van der Waals surface area contributed by atoms with Crippen molar-refractivity contribution in [2.24, 2.45) is 5.92 Å². The highest BCUT2D eigenvalue weighted by atomic mass is 35.5. The summed E-state index contributed by atoms with van der Waals surface area (Å²) in [6.07, 6.45) is 2.11. The van der Waals surface area contributed by atoms with Crippen molar-refractivity contribution in [2.45, 2.75) is 19.8 Å². The third-order valence-electron chi connectivity index (χ3n) is 3.76. The number of halogens is 1. The molecule has 1 N–H and O–H groups in total. The predicted molar refractivity (Wildman–Crippen MR) is 82.4 cm³/mol. The largest absolute Gasteiger partial charge is 0.322 e. The van der Waals surface area contributed by atoms with E-state index in [1.807, 2.05) is 24.3 Å². The Labute approximate surface area is 123 Å². The molecular weight excluding hydrogens is 270 g/mol. The van der Waals surface area contributed by atoms with Gasteiger partial charge in [0.25, 0.3) is 5.91 Å². The van der Waals surface area contributed by atoms with Crippen LogP contribution in [-0.2, 0) is 12.8 Å². The maximum atomic E-state index is 12.3. The summed E-state index contributed by atoms with van der Waals surface area (Å²) in [6.45, 7) is 2.24. The van der Waals surface area contributed by atoms with Crippen molar-refractivity contribution >= 4 is 23.2 Å². The van der Waals surface area contributed by atoms with Crippen molar-refractivity contribution in [3.05, 3.63) is 64.2 Å². The molecule has 0 aliphatic heterocycles. The van der Waals surface area contributed by atoms with E-state index in [-0.39, 0.29) is 5.91 Å². The van der Waals surface area contributed by atoms with Gasteiger partial charge in [-0.1, -0.05) is 42.8 Å². The summed E-state index contributed by atoms with van der Waals surface area (Å²) >= 11 is 6.06. The van der Waals surface area contributed by atoms with Crippen LogP contribution in [0.25, 0.3) is 0 Å². The van der Waals surface area contributed by atoms with E-state index in [0.717, 1.165) is 18.5 Å². The molecule has 3 rings (SSSR count). The smallest absolute Gasteiger partial charge is 0.257 e. The van der Waals surface area contributed by atoms with Gasteiger partial charge in [-0.05, 0) is 48.1 Å². The Kier molecular flexibility index (Phi) is 3.49. The van der Waals surface area contributed by atoms with Gasteiger partial charge < -0.3 is 5.32 Å². The van der Waals surface area contributed by atoms with Crippen LogP contribution in [0.1, 0.15) is 28.4 Å². The number of anilines is 1. The van der Waals surface area contributed by atoms with Crippen LogP contribution < -0.4 is 5.32 Å². The van der Waals surface area contributed by atoms with Crippen molar-refractivity contribution < 1.29 is 4.79 Å². The molecule has 0 radical (unpaired) electrons. The predicted octanol–water partition coefficient (Wildman–Crippen LogP) is 4.33. The van der Waals surface area contributed by atoms with Crippen LogP contribution in [-0.4, -0.2) is 5.91 Å². The van der Waals surface area contributed by atoms with E-state index in [0.29, 0.717) is 16.5 Å². The number of nitrogens with one attached hydrogen (secondary N) is 1. The van der Waals surface area contributed by atoms with E-state index >= 15 is 0 Å². The number of rotatable bonds is 2. The highest BCUT2D eigenvalue weighted by Crippen LogP contribution is 2.32. The number of fused-ring (bicyclic) bond motifs is 1. The van der Waals surface area contributed by atoms with Gasteiger partial charge in [0.1, 0.15) is 0 Å². The standard InChI is InChI=1S/C17H16ClNO/c1-11-9-12-5-4-8-16(14(12)10-11)19-17(20)13-6-2-3-7-15(13)18/h2-8,11H,9-10H2,1H3,(H,19,20). The zero-order valence-corrected chi connectivity index (χ0v) is 12.1. The molecule has 0 fully saturated rings. The van der Waals surface area contributed by atoms with Crippen LogP contribution in [0, 0.1) is 5.92 Å². The van der Waals surface area contributed by atoms with E-state index in [9.17, 15) is 4.79 Å². The van der Waals surface area contributed by atoms with Gasteiger partial charge in [0.15, 0.2) is 0 Å². The Morgan fingerprint density at radius 2 is 1.95 bits per heavy atom. The van der Waals surface area contributed by atoms with Crippen LogP contribution >= 0.6 is 11.6 Å². The molecule has 1 atom stereocenters. The Balaban J connectivity index is 1.88. The zero-order chi connectivity index (χ0) is 14.1. The summed E-state index contributed by atoms with van der Waals surface area (Å²) in [5.74, 6) is 0.493. The first-order chi connectivity index (χ1) is 9.65. The van der Waals surface area contributed by atoms with Gasteiger partial charge in [0.2, 0.25) is 0 Å². The fourth-order valence-electron chi connectivity index (χ4n) is 2.82. The number of carbonyl (C=O) groups excluding carboxylic acids is 1. The molecule has 20 heavy (non-hydrogen) atoms. The molecule has 102 valence electrons. The lowest BCUT2D eigenvalue weighted by Gasteiger charge is -2.11. The molecule has 0 bridgehead atoms. The first-order valence-corrected chi connectivity index (χ1v) is 7.19. The lowest BCUT2D eigenvalue weighted by atomic mass is 10.1. The fourth-order valence-corrected chi connectivity index (χ4v) is 3.04. The quantitative estimate of drug-likeness (QED) is 0.874. The van der Waals surface area contributed by atoms with Gasteiger partial charge in [-0.15, -0.1) is 0 Å². The van der Waals surface area contributed by atoms with Crippen molar-refractivity contribution in [3.8, 4) is 0 Å². The third kappa shape index (κ3) is 2.44. The van der Waals surface area contributed by atoms with Crippen molar-refractivity contribution in [3.63, 3.8) is 0 Å². The van der Waals surface area contributed by atoms with E-state index in [2.05, 4.69) is 18.3 Å².